The van der Waals surface area contributed by atoms with Crippen molar-refractivity contribution in [2.75, 3.05) is 13.1 Å². The Labute approximate surface area is 313 Å². The predicted molar refractivity (Wildman–Crippen MR) is 196 cm³/mol. The maximum Gasteiger partial charge on any atom is 0.457 e. The molecular formula is C36H58BF3N4O8S. The summed E-state index contributed by atoms with van der Waals surface area (Å²) in [5.41, 5.74) is -4.84. The number of carbonyl (C=O) groups excluding carboxylic acids is 3. The summed E-state index contributed by atoms with van der Waals surface area (Å²) in [5, 5.41) is 5.99. The molecule has 0 aliphatic carbocycles. The van der Waals surface area contributed by atoms with Crippen LogP contribution in [0.4, 0.5) is 18.0 Å². The molecule has 2 saturated heterocycles. The number of alkyl halides is 3. The van der Waals surface area contributed by atoms with Crippen molar-refractivity contribution in [1.82, 2.24) is 19.2 Å². The van der Waals surface area contributed by atoms with E-state index in [9.17, 15) is 36.0 Å². The van der Waals surface area contributed by atoms with Crippen LogP contribution in [0, 0.1) is 5.92 Å². The molecule has 0 saturated carbocycles. The van der Waals surface area contributed by atoms with E-state index in [2.05, 4.69) is 10.6 Å². The Bertz CT molecular complexity index is 1550. The smallest absolute Gasteiger partial charge is 0.443 e. The van der Waals surface area contributed by atoms with Gasteiger partial charge in [-0.2, -0.15) is 30.2 Å². The second-order valence-electron chi connectivity index (χ2n) is 17.2. The minimum atomic E-state index is -4.59. The summed E-state index contributed by atoms with van der Waals surface area (Å²) >= 11 is 0. The highest BCUT2D eigenvalue weighted by molar-refractivity contribution is 7.87. The van der Waals surface area contributed by atoms with Gasteiger partial charge in [0.2, 0.25) is 11.8 Å². The molecule has 0 aromatic heterocycles. The SMILES string of the molecule is CC(=O)NC(CCCCB1OC(C)(C)C(C)(C)O1)(C(=O)NC(C)(C)C)C1CCN(S(=O)(=O)N(Cc2ccc(C(F)(F)F)cc2)C(=O)OC(C)(C)C)CC1. The summed E-state index contributed by atoms with van der Waals surface area (Å²) < 4.78 is 87.2. The minimum Gasteiger partial charge on any atom is -0.443 e. The Hall–Kier alpha value is -2.89. The van der Waals surface area contributed by atoms with Crippen LogP contribution in [0.1, 0.15) is 119 Å². The highest BCUT2D eigenvalue weighted by Gasteiger charge is 2.52. The molecule has 300 valence electrons. The van der Waals surface area contributed by atoms with Gasteiger partial charge < -0.3 is 24.7 Å². The standard InChI is InChI=1S/C36H58BF3N4O8S/c1-25(45)41-35(29(46)42-31(2,3)4,20-12-13-21-37-51-33(8,9)34(10,11)52-37)27-18-22-43(23-19-27)53(48,49)44(30(47)50-32(5,6)7)24-26-14-16-28(17-15-26)36(38,39)40/h14-17,27H,12-13,18-24H2,1-11H3,(H,41,45)(H,42,46). The van der Waals surface area contributed by atoms with E-state index >= 15 is 0 Å². The maximum absolute atomic E-state index is 14.2. The first-order chi connectivity index (χ1) is 24.0. The van der Waals surface area contributed by atoms with Gasteiger partial charge in [0, 0.05) is 25.6 Å². The van der Waals surface area contributed by atoms with Gasteiger partial charge in [0.15, 0.2) is 0 Å². The third-order valence-corrected chi connectivity index (χ3v) is 11.7. The maximum atomic E-state index is 14.2. The van der Waals surface area contributed by atoms with Crippen LogP contribution in [-0.2, 0) is 46.6 Å². The van der Waals surface area contributed by atoms with Crippen LogP contribution >= 0.6 is 0 Å². The second kappa shape index (κ2) is 16.1. The molecule has 1 aromatic carbocycles. The number of nitrogens with one attached hydrogen (secondary N) is 2. The summed E-state index contributed by atoms with van der Waals surface area (Å²) in [7, 11) is -5.00. The van der Waals surface area contributed by atoms with E-state index in [1.54, 1.807) is 20.8 Å². The van der Waals surface area contributed by atoms with Crippen LogP contribution in [0.15, 0.2) is 24.3 Å². The van der Waals surface area contributed by atoms with Crippen LogP contribution < -0.4 is 10.6 Å². The van der Waals surface area contributed by atoms with Gasteiger partial charge in [0.05, 0.1) is 23.3 Å². The number of halogens is 3. The molecule has 0 radical (unpaired) electrons. The molecule has 0 bridgehead atoms. The minimum absolute atomic E-state index is 0.0998. The molecule has 53 heavy (non-hydrogen) atoms. The molecule has 3 rings (SSSR count). The molecule has 2 aliphatic heterocycles. The first kappa shape index (κ1) is 44.5. The van der Waals surface area contributed by atoms with Crippen LogP contribution in [0.2, 0.25) is 6.32 Å². The van der Waals surface area contributed by atoms with Gasteiger partial charge in [-0.3, -0.25) is 9.59 Å². The van der Waals surface area contributed by atoms with E-state index in [-0.39, 0.29) is 43.8 Å². The molecule has 2 heterocycles. The Morgan fingerprint density at radius 1 is 0.925 bits per heavy atom. The van der Waals surface area contributed by atoms with Crippen LogP contribution in [0.25, 0.3) is 0 Å². The predicted octanol–water partition coefficient (Wildman–Crippen LogP) is 6.45. The molecule has 17 heteroatoms. The average molecular weight is 775 g/mol. The molecule has 2 N–H and O–H groups in total. The number of carbonyl (C=O) groups is 3. The van der Waals surface area contributed by atoms with E-state index in [0.29, 0.717) is 23.5 Å². The quantitative estimate of drug-likeness (QED) is 0.182. The molecule has 3 amide bonds. The topological polar surface area (TPSA) is 144 Å². The summed E-state index contributed by atoms with van der Waals surface area (Å²) in [5.74, 6) is -1.28. The molecular weight excluding hydrogens is 716 g/mol. The number of ether oxygens (including phenoxy) is 1. The Balaban J connectivity index is 1.87. The van der Waals surface area contributed by atoms with Gasteiger partial charge in [0.25, 0.3) is 0 Å². The highest BCUT2D eigenvalue weighted by Crippen LogP contribution is 2.39. The van der Waals surface area contributed by atoms with Crippen LogP contribution in [0.3, 0.4) is 0 Å². The number of nitrogens with zero attached hydrogens (tertiary/aromatic N) is 2. The number of benzene rings is 1. The number of rotatable bonds is 12. The monoisotopic (exact) mass is 774 g/mol. The van der Waals surface area contributed by atoms with E-state index < -0.39 is 81.4 Å². The summed E-state index contributed by atoms with van der Waals surface area (Å²) in [6.45, 7) is 18.7. The number of hydrogen-bond acceptors (Lipinski definition) is 8. The highest BCUT2D eigenvalue weighted by atomic mass is 32.2. The Morgan fingerprint density at radius 2 is 1.45 bits per heavy atom. The average Bonchev–Trinajstić information content (AvgIpc) is 3.20. The molecule has 0 spiro atoms. The third kappa shape index (κ3) is 11.6. The van der Waals surface area contributed by atoms with Crippen molar-refractivity contribution in [3.05, 3.63) is 35.4 Å². The zero-order valence-corrected chi connectivity index (χ0v) is 33.8. The van der Waals surface area contributed by atoms with Gasteiger partial charge >= 0.3 is 29.6 Å². The zero-order valence-electron chi connectivity index (χ0n) is 33.0. The van der Waals surface area contributed by atoms with Crippen molar-refractivity contribution < 1.29 is 50.0 Å². The second-order valence-corrected chi connectivity index (χ2v) is 19.0. The molecule has 2 aliphatic rings. The van der Waals surface area contributed by atoms with Crippen LogP contribution in [-0.4, -0.2) is 83.0 Å². The molecule has 1 unspecified atom stereocenters. The van der Waals surface area contributed by atoms with Crippen molar-refractivity contribution in [3.8, 4) is 0 Å². The number of unbranched alkanes of at least 4 members (excludes halogenated alkanes) is 1. The summed E-state index contributed by atoms with van der Waals surface area (Å²) in [4.78, 5) is 40.3. The lowest BCUT2D eigenvalue weighted by Crippen LogP contribution is -2.66. The van der Waals surface area contributed by atoms with Crippen molar-refractivity contribution in [2.45, 2.75) is 155 Å². The third-order valence-electron chi connectivity index (χ3n) is 9.82. The van der Waals surface area contributed by atoms with E-state index in [4.69, 9.17) is 14.0 Å². The summed E-state index contributed by atoms with van der Waals surface area (Å²) in [6, 6.07) is 3.87. The van der Waals surface area contributed by atoms with E-state index in [0.717, 1.165) is 28.6 Å². The lowest BCUT2D eigenvalue weighted by atomic mass is 9.72. The van der Waals surface area contributed by atoms with Crippen molar-refractivity contribution in [2.24, 2.45) is 5.92 Å². The van der Waals surface area contributed by atoms with Gasteiger partial charge in [-0.25, -0.2) is 4.79 Å². The fraction of sp³-hybridized carbons (Fsp3) is 0.750. The first-order valence-corrected chi connectivity index (χ1v) is 19.5. The van der Waals surface area contributed by atoms with Crippen LogP contribution in [0.5, 0.6) is 0 Å². The first-order valence-electron chi connectivity index (χ1n) is 18.1. The fourth-order valence-corrected chi connectivity index (χ4v) is 8.01. The van der Waals surface area contributed by atoms with E-state index in [1.807, 2.05) is 48.5 Å². The molecule has 1 aromatic rings. The van der Waals surface area contributed by atoms with Crippen molar-refractivity contribution in [1.29, 1.82) is 0 Å². The largest absolute Gasteiger partial charge is 0.457 e. The van der Waals surface area contributed by atoms with Crippen molar-refractivity contribution >= 4 is 35.2 Å². The van der Waals surface area contributed by atoms with Gasteiger partial charge in [-0.1, -0.05) is 25.0 Å². The normalized spacial score (nSPS) is 19.7. The van der Waals surface area contributed by atoms with E-state index in [1.165, 1.54) is 6.92 Å². The molecule has 12 nitrogen and oxygen atoms in total. The van der Waals surface area contributed by atoms with Gasteiger partial charge in [-0.05, 0) is 118 Å². The number of hydrogen-bond donors (Lipinski definition) is 2. The zero-order chi connectivity index (χ0) is 40.4. The number of piperidine rings is 1. The fourth-order valence-electron chi connectivity index (χ4n) is 6.53. The Morgan fingerprint density at radius 3 is 1.91 bits per heavy atom. The lowest BCUT2D eigenvalue weighted by Gasteiger charge is -2.45. The van der Waals surface area contributed by atoms with Gasteiger partial charge in [-0.15, -0.1) is 0 Å². The van der Waals surface area contributed by atoms with Crippen molar-refractivity contribution in [3.63, 3.8) is 0 Å². The molecule has 1 atom stereocenters. The summed E-state index contributed by atoms with van der Waals surface area (Å²) in [6.07, 6.45) is -3.46. The number of amides is 3. The Kier molecular flexibility index (Phi) is 13.5. The van der Waals surface area contributed by atoms with Gasteiger partial charge in [0.1, 0.15) is 11.1 Å². The lowest BCUT2D eigenvalue weighted by molar-refractivity contribution is -0.138. The molecule has 2 fully saturated rings.